The molecule has 1 aliphatic heterocycles. The quantitative estimate of drug-likeness (QED) is 0.545. The molecular weight excluding hydrogens is 386 g/mol. The molecule has 9 heteroatoms. The van der Waals surface area contributed by atoms with Crippen LogP contribution in [0, 0.1) is 0 Å². The van der Waals surface area contributed by atoms with Crippen molar-refractivity contribution in [3.63, 3.8) is 0 Å². The molecule has 0 unspecified atom stereocenters. The Morgan fingerprint density at radius 3 is 2.93 bits per heavy atom. The summed E-state index contributed by atoms with van der Waals surface area (Å²) in [4.78, 5) is 31.2. The molecule has 2 N–H and O–H groups in total. The molecule has 1 atom stereocenters. The van der Waals surface area contributed by atoms with Crippen molar-refractivity contribution in [1.29, 1.82) is 0 Å². The number of hydrogen-bond acceptors (Lipinski definition) is 6. The van der Waals surface area contributed by atoms with E-state index in [1.54, 1.807) is 23.6 Å². The third-order valence-electron chi connectivity index (χ3n) is 4.86. The zero-order valence-electron chi connectivity index (χ0n) is 15.3. The summed E-state index contributed by atoms with van der Waals surface area (Å²) in [6.45, 7) is 0.560. The predicted molar refractivity (Wildman–Crippen MR) is 109 cm³/mol. The molecule has 1 aliphatic rings. The van der Waals surface area contributed by atoms with Gasteiger partial charge in [0, 0.05) is 48.1 Å². The van der Waals surface area contributed by atoms with E-state index in [1.807, 2.05) is 42.5 Å². The lowest BCUT2D eigenvalue weighted by Crippen LogP contribution is -2.43. The summed E-state index contributed by atoms with van der Waals surface area (Å²) in [5, 5.41) is 3.36. The fourth-order valence-corrected chi connectivity index (χ4v) is 4.09. The third-order valence-corrected chi connectivity index (χ3v) is 5.49. The van der Waals surface area contributed by atoms with Crippen molar-refractivity contribution >= 4 is 22.7 Å². The number of rotatable bonds is 3. The van der Waals surface area contributed by atoms with Crippen LogP contribution >= 0.6 is 11.5 Å². The van der Waals surface area contributed by atoms with Gasteiger partial charge in [0.2, 0.25) is 5.13 Å². The Bertz CT molecular complexity index is 1130. The van der Waals surface area contributed by atoms with Gasteiger partial charge in [-0.25, -0.2) is 9.78 Å². The number of nitrogens with one attached hydrogen (secondary N) is 2. The van der Waals surface area contributed by atoms with Crippen LogP contribution in [0.15, 0.2) is 61.2 Å². The second kappa shape index (κ2) is 7.44. The van der Waals surface area contributed by atoms with E-state index in [0.717, 1.165) is 22.5 Å². The van der Waals surface area contributed by atoms with E-state index in [1.165, 1.54) is 11.5 Å². The van der Waals surface area contributed by atoms with Gasteiger partial charge in [-0.05, 0) is 11.6 Å². The van der Waals surface area contributed by atoms with E-state index < -0.39 is 0 Å². The highest BCUT2D eigenvalue weighted by atomic mass is 32.1. The maximum Gasteiger partial charge on any atom is 0.324 e. The minimum Gasteiger partial charge on any atom is -0.348 e. The van der Waals surface area contributed by atoms with E-state index in [2.05, 4.69) is 29.6 Å². The van der Waals surface area contributed by atoms with Gasteiger partial charge in [-0.2, -0.15) is 9.36 Å². The molecule has 0 saturated heterocycles. The normalized spacial score (nSPS) is 15.7. The van der Waals surface area contributed by atoms with Crippen LogP contribution in [0.1, 0.15) is 23.0 Å². The number of amides is 2. The highest BCUT2D eigenvalue weighted by Gasteiger charge is 2.34. The Balaban J connectivity index is 1.41. The molecule has 3 aromatic heterocycles. The van der Waals surface area contributed by atoms with Crippen LogP contribution in [-0.2, 0) is 6.42 Å². The summed E-state index contributed by atoms with van der Waals surface area (Å²) in [7, 11) is 0. The number of pyridine rings is 1. The molecule has 0 bridgehead atoms. The molecule has 29 heavy (non-hydrogen) atoms. The molecule has 2 amide bonds. The summed E-state index contributed by atoms with van der Waals surface area (Å²) in [6.07, 6.45) is 5.87. The highest BCUT2D eigenvalue weighted by molar-refractivity contribution is 7.10. The maximum atomic E-state index is 13.1. The van der Waals surface area contributed by atoms with Gasteiger partial charge < -0.3 is 9.88 Å². The average Bonchev–Trinajstić information content (AvgIpc) is 3.43. The lowest BCUT2D eigenvalue weighted by Gasteiger charge is -2.34. The van der Waals surface area contributed by atoms with E-state index in [0.29, 0.717) is 23.9 Å². The second-order valence-electron chi connectivity index (χ2n) is 6.62. The summed E-state index contributed by atoms with van der Waals surface area (Å²) in [6, 6.07) is 13.0. The van der Waals surface area contributed by atoms with Gasteiger partial charge in [0.05, 0.1) is 12.0 Å². The minimum absolute atomic E-state index is 0.233. The number of H-pyrrole nitrogens is 1. The van der Waals surface area contributed by atoms with Crippen molar-refractivity contribution in [3.8, 4) is 11.4 Å². The van der Waals surface area contributed by atoms with Gasteiger partial charge in [0.15, 0.2) is 5.82 Å². The fourth-order valence-electron chi connectivity index (χ4n) is 3.51. The van der Waals surface area contributed by atoms with Crippen molar-refractivity contribution < 1.29 is 4.79 Å². The molecule has 0 spiro atoms. The maximum absolute atomic E-state index is 13.1. The number of carbonyl (C=O) groups excluding carboxylic acids is 1. The molecule has 5 rings (SSSR count). The highest BCUT2D eigenvalue weighted by Crippen LogP contribution is 2.33. The van der Waals surface area contributed by atoms with Crippen LogP contribution < -0.4 is 5.32 Å². The summed E-state index contributed by atoms with van der Waals surface area (Å²) in [5.41, 5.74) is 3.72. The van der Waals surface area contributed by atoms with Crippen LogP contribution in [0.5, 0.6) is 0 Å². The van der Waals surface area contributed by atoms with Crippen molar-refractivity contribution in [3.05, 3.63) is 78.1 Å². The lowest BCUT2D eigenvalue weighted by atomic mass is 9.97. The number of hydrogen-bond donors (Lipinski definition) is 2. The summed E-state index contributed by atoms with van der Waals surface area (Å²) < 4.78 is 4.36. The van der Waals surface area contributed by atoms with Crippen molar-refractivity contribution in [2.24, 2.45) is 0 Å². The molecule has 0 aliphatic carbocycles. The predicted octanol–water partition coefficient (Wildman–Crippen LogP) is 3.50. The smallest absolute Gasteiger partial charge is 0.324 e. The number of fused-ring (bicyclic) bond motifs is 1. The number of benzene rings is 1. The van der Waals surface area contributed by atoms with Gasteiger partial charge in [-0.3, -0.25) is 10.3 Å². The first-order valence-electron chi connectivity index (χ1n) is 9.18. The molecule has 4 heterocycles. The van der Waals surface area contributed by atoms with E-state index >= 15 is 0 Å². The first-order valence-corrected chi connectivity index (χ1v) is 9.96. The summed E-state index contributed by atoms with van der Waals surface area (Å²) in [5.74, 6) is 0.600. The van der Waals surface area contributed by atoms with Crippen LogP contribution in [0.25, 0.3) is 11.4 Å². The van der Waals surface area contributed by atoms with Crippen LogP contribution in [0.4, 0.5) is 9.93 Å². The van der Waals surface area contributed by atoms with E-state index in [9.17, 15) is 4.79 Å². The number of aromatic amines is 1. The molecule has 1 aromatic carbocycles. The molecule has 0 radical (unpaired) electrons. The zero-order chi connectivity index (χ0) is 19.6. The van der Waals surface area contributed by atoms with Gasteiger partial charge in [-0.1, -0.05) is 36.4 Å². The van der Waals surface area contributed by atoms with E-state index in [4.69, 9.17) is 0 Å². The first kappa shape index (κ1) is 17.5. The Kier molecular flexibility index (Phi) is 4.49. The standard InChI is InChI=1S/C20H17N7OS/c28-20(25-19-24-18(26-29-19)13-5-2-1-3-6-13)27-10-8-15-16(23-12-22-15)17(27)14-7-4-9-21-11-14/h1-7,9,11-12,17H,8,10H2,(H,22,23)(H,24,25,26,28)/t17-/m0/s1. The Hall–Kier alpha value is -3.59. The molecule has 0 fully saturated rings. The zero-order valence-corrected chi connectivity index (χ0v) is 16.1. The van der Waals surface area contributed by atoms with Gasteiger partial charge >= 0.3 is 6.03 Å². The second-order valence-corrected chi connectivity index (χ2v) is 7.37. The van der Waals surface area contributed by atoms with Crippen LogP contribution in [0.3, 0.4) is 0 Å². The van der Waals surface area contributed by atoms with Crippen molar-refractivity contribution in [2.45, 2.75) is 12.5 Å². The van der Waals surface area contributed by atoms with Crippen LogP contribution in [-0.4, -0.2) is 41.8 Å². The van der Waals surface area contributed by atoms with E-state index in [-0.39, 0.29) is 12.1 Å². The number of urea groups is 1. The minimum atomic E-state index is -0.305. The first-order chi connectivity index (χ1) is 14.3. The number of carbonyl (C=O) groups is 1. The van der Waals surface area contributed by atoms with Gasteiger partial charge in [0.25, 0.3) is 0 Å². The van der Waals surface area contributed by atoms with Crippen molar-refractivity contribution in [1.82, 2.24) is 29.2 Å². The van der Waals surface area contributed by atoms with Gasteiger partial charge in [0.1, 0.15) is 6.04 Å². The molecule has 8 nitrogen and oxygen atoms in total. The molecule has 144 valence electrons. The SMILES string of the molecule is O=C(Nc1nc(-c2ccccc2)ns1)N1CCc2[nH]cnc2[C@@H]1c1cccnc1. The Morgan fingerprint density at radius 2 is 2.10 bits per heavy atom. The number of imidazole rings is 1. The fraction of sp³-hybridized carbons (Fsp3) is 0.150. The topological polar surface area (TPSA) is 99.7 Å². The number of nitrogens with zero attached hydrogens (tertiary/aromatic N) is 5. The van der Waals surface area contributed by atoms with Crippen molar-refractivity contribution in [2.75, 3.05) is 11.9 Å². The third kappa shape index (κ3) is 3.36. The largest absolute Gasteiger partial charge is 0.348 e. The molecule has 0 saturated carbocycles. The lowest BCUT2D eigenvalue weighted by molar-refractivity contribution is 0.192. The average molecular weight is 403 g/mol. The van der Waals surface area contributed by atoms with Crippen LogP contribution in [0.2, 0.25) is 0 Å². The number of anilines is 1. The Labute approximate surface area is 170 Å². The Morgan fingerprint density at radius 1 is 1.21 bits per heavy atom. The summed E-state index contributed by atoms with van der Waals surface area (Å²) >= 11 is 1.17. The number of aromatic nitrogens is 5. The van der Waals surface area contributed by atoms with Gasteiger partial charge in [-0.15, -0.1) is 0 Å². The monoisotopic (exact) mass is 403 g/mol. The molecular formula is C20H17N7OS. The molecule has 4 aromatic rings.